The summed E-state index contributed by atoms with van der Waals surface area (Å²) in [5.74, 6) is 0.865. The summed E-state index contributed by atoms with van der Waals surface area (Å²) in [6.07, 6.45) is 0. The van der Waals surface area contributed by atoms with Crippen LogP contribution in [0.1, 0.15) is 27.4 Å². The minimum atomic E-state index is 0. The summed E-state index contributed by atoms with van der Waals surface area (Å²) in [5, 5.41) is 15.5. The average molecular weight is 340 g/mol. The van der Waals surface area contributed by atoms with Gasteiger partial charge in [-0.05, 0) is 40.8 Å². The molecule has 0 saturated carbocycles. The molecule has 2 N–H and O–H groups in total. The first-order valence-corrected chi connectivity index (χ1v) is 7.89. The van der Waals surface area contributed by atoms with Crippen LogP contribution in [0, 0.1) is 17.2 Å². The van der Waals surface area contributed by atoms with Gasteiger partial charge in [-0.1, -0.05) is 24.3 Å². The third-order valence-corrected chi connectivity index (χ3v) is 4.89. The van der Waals surface area contributed by atoms with Crippen molar-refractivity contribution in [2.75, 3.05) is 19.6 Å². The molecule has 0 bridgehead atoms. The number of halogens is 1. The number of rotatable bonds is 1. The molecule has 122 valence electrons. The monoisotopic (exact) mass is 339 g/mol. The second-order valence-corrected chi connectivity index (χ2v) is 6.23. The molecule has 5 heteroatoms. The summed E-state index contributed by atoms with van der Waals surface area (Å²) in [5.41, 5.74) is 4.46. The second kappa shape index (κ2) is 6.64. The van der Waals surface area contributed by atoms with Crippen molar-refractivity contribution >= 4 is 18.3 Å². The molecule has 0 aromatic heterocycles. The summed E-state index contributed by atoms with van der Waals surface area (Å²) in [7, 11) is 0. The van der Waals surface area contributed by atoms with Crippen LogP contribution >= 0.6 is 12.4 Å². The maximum Gasteiger partial charge on any atom is 0.251 e. The number of amides is 1. The fourth-order valence-electron chi connectivity index (χ4n) is 3.65. The van der Waals surface area contributed by atoms with E-state index in [2.05, 4.69) is 28.8 Å². The number of nitriles is 1. The lowest BCUT2D eigenvalue weighted by Crippen LogP contribution is -2.28. The Balaban J connectivity index is 0.00000169. The van der Waals surface area contributed by atoms with Crippen LogP contribution in [0.5, 0.6) is 0 Å². The van der Waals surface area contributed by atoms with Gasteiger partial charge >= 0.3 is 0 Å². The Labute approximate surface area is 147 Å². The first-order chi connectivity index (χ1) is 11.3. The molecule has 2 heterocycles. The van der Waals surface area contributed by atoms with Crippen LogP contribution in [0.2, 0.25) is 0 Å². The van der Waals surface area contributed by atoms with Gasteiger partial charge in [0.1, 0.15) is 0 Å². The number of nitrogens with one attached hydrogen (secondary N) is 2. The lowest BCUT2D eigenvalue weighted by molar-refractivity contribution is 0.0952. The molecule has 24 heavy (non-hydrogen) atoms. The normalized spacial score (nSPS) is 21.5. The number of fused-ring (bicyclic) bond motifs is 3. The second-order valence-electron chi connectivity index (χ2n) is 6.23. The van der Waals surface area contributed by atoms with Crippen LogP contribution in [0.25, 0.3) is 11.1 Å². The predicted molar refractivity (Wildman–Crippen MR) is 95.3 cm³/mol. The molecule has 0 radical (unpaired) electrons. The molecule has 2 atom stereocenters. The van der Waals surface area contributed by atoms with Gasteiger partial charge in [-0.15, -0.1) is 12.4 Å². The molecule has 2 aliphatic rings. The molecule has 0 unspecified atom stereocenters. The van der Waals surface area contributed by atoms with E-state index in [1.807, 2.05) is 24.3 Å². The summed E-state index contributed by atoms with van der Waals surface area (Å²) in [6, 6.07) is 15.7. The first kappa shape index (κ1) is 16.5. The van der Waals surface area contributed by atoms with E-state index in [9.17, 15) is 4.79 Å². The number of hydrogen-bond donors (Lipinski definition) is 2. The summed E-state index contributed by atoms with van der Waals surface area (Å²) in [4.78, 5) is 12.5. The van der Waals surface area contributed by atoms with Crippen LogP contribution in [0.15, 0.2) is 42.5 Å². The van der Waals surface area contributed by atoms with Crippen molar-refractivity contribution in [3.63, 3.8) is 0 Å². The van der Waals surface area contributed by atoms with Crippen molar-refractivity contribution < 1.29 is 4.79 Å². The van der Waals surface area contributed by atoms with Gasteiger partial charge in [-0.3, -0.25) is 4.79 Å². The standard InChI is InChI=1S/C19H17N3O.ClH/c20-8-12-2-1-3-13(6-12)14-4-5-16-17(7-14)19(23)22-10-15-9-21-11-18(15)16;/h1-7,15,18,21H,9-11H2,(H,22,23);1H/t15-,18+;/m1./s1. The zero-order chi connectivity index (χ0) is 15.8. The van der Waals surface area contributed by atoms with E-state index in [4.69, 9.17) is 5.26 Å². The summed E-state index contributed by atoms with van der Waals surface area (Å²) in [6.45, 7) is 2.61. The van der Waals surface area contributed by atoms with E-state index in [1.54, 1.807) is 6.07 Å². The van der Waals surface area contributed by atoms with E-state index in [0.717, 1.165) is 41.9 Å². The average Bonchev–Trinajstić information content (AvgIpc) is 3.03. The SMILES string of the molecule is Cl.N#Cc1cccc(-c2ccc3c(c2)C(=O)NC[C@H]2CNC[C@H]32)c1. The molecule has 0 aliphatic carbocycles. The Morgan fingerprint density at radius 2 is 1.88 bits per heavy atom. The number of benzene rings is 2. The van der Waals surface area contributed by atoms with Crippen molar-refractivity contribution in [1.29, 1.82) is 5.26 Å². The van der Waals surface area contributed by atoms with Crippen LogP contribution in [-0.4, -0.2) is 25.5 Å². The van der Waals surface area contributed by atoms with Crippen LogP contribution in [0.3, 0.4) is 0 Å². The smallest absolute Gasteiger partial charge is 0.251 e. The van der Waals surface area contributed by atoms with Crippen LogP contribution in [0.4, 0.5) is 0 Å². The molecule has 4 rings (SSSR count). The number of carbonyl (C=O) groups excluding carboxylic acids is 1. The van der Waals surface area contributed by atoms with E-state index in [-0.39, 0.29) is 18.3 Å². The van der Waals surface area contributed by atoms with Crippen molar-refractivity contribution in [1.82, 2.24) is 10.6 Å². The molecule has 2 aliphatic heterocycles. The van der Waals surface area contributed by atoms with E-state index >= 15 is 0 Å². The van der Waals surface area contributed by atoms with E-state index < -0.39 is 0 Å². The zero-order valence-corrected chi connectivity index (χ0v) is 13.9. The van der Waals surface area contributed by atoms with E-state index in [1.165, 1.54) is 0 Å². The quantitative estimate of drug-likeness (QED) is 0.839. The van der Waals surface area contributed by atoms with Gasteiger partial charge in [0, 0.05) is 31.1 Å². The highest BCUT2D eigenvalue weighted by Gasteiger charge is 2.34. The molecule has 4 nitrogen and oxygen atoms in total. The Hall–Kier alpha value is -2.35. The van der Waals surface area contributed by atoms with Gasteiger partial charge in [0.05, 0.1) is 11.6 Å². The van der Waals surface area contributed by atoms with Crippen molar-refractivity contribution in [2.45, 2.75) is 5.92 Å². The third-order valence-electron chi connectivity index (χ3n) is 4.89. The van der Waals surface area contributed by atoms with Crippen molar-refractivity contribution in [2.24, 2.45) is 5.92 Å². The molecule has 1 amide bonds. The molecule has 2 aromatic carbocycles. The lowest BCUT2D eigenvalue weighted by Gasteiger charge is -2.16. The van der Waals surface area contributed by atoms with Crippen molar-refractivity contribution in [3.8, 4) is 17.2 Å². The van der Waals surface area contributed by atoms with Gasteiger partial charge in [0.2, 0.25) is 0 Å². The fourth-order valence-corrected chi connectivity index (χ4v) is 3.65. The topological polar surface area (TPSA) is 64.9 Å². The lowest BCUT2D eigenvalue weighted by atomic mass is 9.86. The van der Waals surface area contributed by atoms with Gasteiger partial charge in [-0.2, -0.15) is 5.26 Å². The molecule has 2 aromatic rings. The Morgan fingerprint density at radius 3 is 2.71 bits per heavy atom. The Morgan fingerprint density at radius 1 is 1.04 bits per heavy atom. The van der Waals surface area contributed by atoms with Crippen molar-refractivity contribution in [3.05, 3.63) is 59.2 Å². The number of hydrogen-bond acceptors (Lipinski definition) is 3. The highest BCUT2D eigenvalue weighted by Crippen LogP contribution is 2.34. The minimum Gasteiger partial charge on any atom is -0.352 e. The van der Waals surface area contributed by atoms with Gasteiger partial charge in [0.15, 0.2) is 0 Å². The zero-order valence-electron chi connectivity index (χ0n) is 13.1. The maximum absolute atomic E-state index is 12.5. The molecule has 1 saturated heterocycles. The largest absolute Gasteiger partial charge is 0.352 e. The van der Waals surface area contributed by atoms with Gasteiger partial charge in [0.25, 0.3) is 5.91 Å². The highest BCUT2D eigenvalue weighted by molar-refractivity contribution is 5.97. The highest BCUT2D eigenvalue weighted by atomic mass is 35.5. The Bertz CT molecular complexity index is 828. The molecular weight excluding hydrogens is 322 g/mol. The van der Waals surface area contributed by atoms with Crippen LogP contribution < -0.4 is 10.6 Å². The van der Waals surface area contributed by atoms with Gasteiger partial charge in [-0.25, -0.2) is 0 Å². The Kier molecular flexibility index (Phi) is 4.57. The first-order valence-electron chi connectivity index (χ1n) is 7.89. The molecule has 1 fully saturated rings. The fraction of sp³-hybridized carbons (Fsp3) is 0.263. The van der Waals surface area contributed by atoms with Crippen LogP contribution in [-0.2, 0) is 0 Å². The molecule has 0 spiro atoms. The summed E-state index contributed by atoms with van der Waals surface area (Å²) < 4.78 is 0. The maximum atomic E-state index is 12.5. The number of nitrogens with zero attached hydrogens (tertiary/aromatic N) is 1. The predicted octanol–water partition coefficient (Wildman–Crippen LogP) is 2.69. The summed E-state index contributed by atoms with van der Waals surface area (Å²) >= 11 is 0. The molecular formula is C19H18ClN3O. The van der Waals surface area contributed by atoms with E-state index in [0.29, 0.717) is 17.4 Å². The number of carbonyl (C=O) groups is 1. The third kappa shape index (κ3) is 2.77. The minimum absolute atomic E-state index is 0. The van der Waals surface area contributed by atoms with Gasteiger partial charge < -0.3 is 10.6 Å².